The van der Waals surface area contributed by atoms with Gasteiger partial charge in [-0.2, -0.15) is 8.42 Å². The van der Waals surface area contributed by atoms with Crippen LogP contribution in [0.5, 0.6) is 0 Å². The van der Waals surface area contributed by atoms with Crippen molar-refractivity contribution >= 4 is 22.1 Å². The molecule has 0 saturated carbocycles. The van der Waals surface area contributed by atoms with Gasteiger partial charge in [-0.1, -0.05) is 0 Å². The lowest BCUT2D eigenvalue weighted by molar-refractivity contribution is -0.143. The van der Waals surface area contributed by atoms with Gasteiger partial charge in [0.2, 0.25) is 0 Å². The zero-order valence-corrected chi connectivity index (χ0v) is 7.90. The van der Waals surface area contributed by atoms with Crippen molar-refractivity contribution in [1.82, 2.24) is 12.3 Å². The van der Waals surface area contributed by atoms with Gasteiger partial charge in [0.05, 0.1) is 6.42 Å². The van der Waals surface area contributed by atoms with Crippen LogP contribution in [0.15, 0.2) is 0 Å². The minimum atomic E-state index is -4.84. The van der Waals surface area contributed by atoms with Gasteiger partial charge in [0.25, 0.3) is 10.1 Å². The summed E-state index contributed by atoms with van der Waals surface area (Å²) in [4.78, 5) is 20.0. The van der Waals surface area contributed by atoms with Gasteiger partial charge in [-0.25, -0.2) is 0 Å². The average molecular weight is 232 g/mol. The van der Waals surface area contributed by atoms with Crippen LogP contribution in [0.2, 0.25) is 0 Å². The Hall–Kier alpha value is -1.23. The lowest BCUT2D eigenvalue weighted by Crippen LogP contribution is -2.31. The summed E-state index contributed by atoms with van der Waals surface area (Å²) in [6, 6.07) is 0. The van der Waals surface area contributed by atoms with Crippen molar-refractivity contribution in [3.8, 4) is 0 Å². The maximum absolute atomic E-state index is 10.2. The third kappa shape index (κ3) is 6.30. The highest BCUT2D eigenvalue weighted by Gasteiger charge is 2.33. The zero-order chi connectivity index (χ0) is 9.94. The van der Waals surface area contributed by atoms with Crippen molar-refractivity contribution in [3.63, 3.8) is 0 Å². The molecule has 0 saturated heterocycles. The monoisotopic (exact) mass is 232 g/mol. The Kier molecular flexibility index (Phi) is 8.28. The predicted molar refractivity (Wildman–Crippen MR) is 45.3 cm³/mol. The van der Waals surface area contributed by atoms with Gasteiger partial charge in [-0.15, -0.1) is 0 Å². The van der Waals surface area contributed by atoms with Crippen molar-refractivity contribution in [2.24, 2.45) is 0 Å². The highest BCUT2D eigenvalue weighted by atomic mass is 32.2. The first-order valence-corrected chi connectivity index (χ1v) is 4.16. The second-order valence-corrected chi connectivity index (χ2v) is 3.54. The molecule has 0 aromatic carbocycles. The largest absolute Gasteiger partial charge is 0.481 e. The fourth-order valence-corrected chi connectivity index (χ4v) is 1.09. The summed E-state index contributed by atoms with van der Waals surface area (Å²) < 4.78 is 28.7. The summed E-state index contributed by atoms with van der Waals surface area (Å²) in [5.74, 6) is -3.50. The van der Waals surface area contributed by atoms with Crippen LogP contribution >= 0.6 is 0 Å². The normalized spacial score (nSPS) is 11.8. The van der Waals surface area contributed by atoms with Crippen LogP contribution in [-0.4, -0.2) is 40.4 Å². The topological polar surface area (TPSA) is 199 Å². The van der Waals surface area contributed by atoms with Crippen LogP contribution in [-0.2, 0) is 19.7 Å². The van der Waals surface area contributed by atoms with E-state index in [9.17, 15) is 18.0 Å². The number of hydrogen-bond acceptors (Lipinski definition) is 6. The number of carboxylic acid groups (broad SMARTS) is 2. The van der Waals surface area contributed by atoms with E-state index in [1.807, 2.05) is 0 Å². The third-order valence-corrected chi connectivity index (χ3v) is 2.08. The van der Waals surface area contributed by atoms with Crippen molar-refractivity contribution in [2.45, 2.75) is 11.7 Å². The molecular formula is C4H12N2O7S. The van der Waals surface area contributed by atoms with Gasteiger partial charge < -0.3 is 22.5 Å². The molecule has 0 aliphatic heterocycles. The molecule has 0 aliphatic carbocycles. The Morgan fingerprint density at radius 2 is 1.50 bits per heavy atom. The molecule has 0 rings (SSSR count). The Labute approximate surface area is 79.6 Å². The molecule has 9 N–H and O–H groups in total. The molecule has 10 heteroatoms. The first-order valence-electron chi connectivity index (χ1n) is 2.66. The fraction of sp³-hybridized carbons (Fsp3) is 0.500. The van der Waals surface area contributed by atoms with Crippen LogP contribution < -0.4 is 12.3 Å². The number of rotatable bonds is 4. The minimum Gasteiger partial charge on any atom is -0.481 e. The van der Waals surface area contributed by atoms with E-state index >= 15 is 0 Å². The average Bonchev–Trinajstić information content (AvgIpc) is 1.79. The summed E-state index contributed by atoms with van der Waals surface area (Å²) in [7, 11) is -4.84. The number of carbonyl (C=O) groups is 2. The van der Waals surface area contributed by atoms with E-state index in [1.54, 1.807) is 0 Å². The van der Waals surface area contributed by atoms with Crippen LogP contribution in [0.3, 0.4) is 0 Å². The van der Waals surface area contributed by atoms with E-state index in [2.05, 4.69) is 0 Å². The van der Waals surface area contributed by atoms with Gasteiger partial charge in [-0.3, -0.25) is 14.1 Å². The summed E-state index contributed by atoms with van der Waals surface area (Å²) in [5.41, 5.74) is 0. The Morgan fingerprint density at radius 1 is 1.14 bits per heavy atom. The third-order valence-electron chi connectivity index (χ3n) is 0.995. The molecule has 14 heavy (non-hydrogen) atoms. The molecule has 0 amide bonds. The Bertz CT molecular complexity index is 297. The summed E-state index contributed by atoms with van der Waals surface area (Å²) >= 11 is 0. The van der Waals surface area contributed by atoms with Gasteiger partial charge >= 0.3 is 11.9 Å². The van der Waals surface area contributed by atoms with E-state index in [4.69, 9.17) is 14.8 Å². The van der Waals surface area contributed by atoms with Crippen molar-refractivity contribution < 1.29 is 32.8 Å². The van der Waals surface area contributed by atoms with E-state index in [1.165, 1.54) is 0 Å². The number of carboxylic acids is 2. The van der Waals surface area contributed by atoms with Gasteiger partial charge in [-0.05, 0) is 0 Å². The van der Waals surface area contributed by atoms with Crippen LogP contribution in [0.1, 0.15) is 6.42 Å². The number of hydrogen-bond donors (Lipinski definition) is 5. The molecule has 0 radical (unpaired) electrons. The highest BCUT2D eigenvalue weighted by molar-refractivity contribution is 7.87. The second-order valence-electron chi connectivity index (χ2n) is 1.94. The highest BCUT2D eigenvalue weighted by Crippen LogP contribution is 2.04. The van der Waals surface area contributed by atoms with Gasteiger partial charge in [0.1, 0.15) is 0 Å². The summed E-state index contributed by atoms with van der Waals surface area (Å²) in [6.07, 6.45) is -1.16. The molecule has 9 nitrogen and oxygen atoms in total. The lowest BCUT2D eigenvalue weighted by Gasteiger charge is -2.04. The van der Waals surface area contributed by atoms with Gasteiger partial charge in [0, 0.05) is 0 Å². The zero-order valence-electron chi connectivity index (χ0n) is 7.08. The molecule has 0 aliphatic rings. The van der Waals surface area contributed by atoms with Crippen molar-refractivity contribution in [1.29, 1.82) is 0 Å². The maximum Gasteiger partial charge on any atom is 0.325 e. The quantitative estimate of drug-likeness (QED) is 0.382. The van der Waals surface area contributed by atoms with Crippen LogP contribution in [0.25, 0.3) is 0 Å². The van der Waals surface area contributed by atoms with E-state index in [-0.39, 0.29) is 12.3 Å². The first-order chi connectivity index (χ1) is 5.25. The van der Waals surface area contributed by atoms with Crippen molar-refractivity contribution in [3.05, 3.63) is 0 Å². The predicted octanol–water partition coefficient (Wildman–Crippen LogP) is -0.874. The van der Waals surface area contributed by atoms with Crippen LogP contribution in [0.4, 0.5) is 0 Å². The van der Waals surface area contributed by atoms with Gasteiger partial charge in [0.15, 0.2) is 5.25 Å². The smallest absolute Gasteiger partial charge is 0.325 e. The molecule has 0 bridgehead atoms. The summed E-state index contributed by atoms with van der Waals surface area (Å²) in [5, 5.41) is 13.9. The van der Waals surface area contributed by atoms with Crippen molar-refractivity contribution in [2.75, 3.05) is 0 Å². The SMILES string of the molecule is N.N.O=C(O)CC(C(=O)O)S(=O)(=O)O. The molecule has 0 spiro atoms. The molecule has 0 fully saturated rings. The minimum absolute atomic E-state index is 0. The molecular weight excluding hydrogens is 220 g/mol. The molecule has 1 unspecified atom stereocenters. The molecule has 0 heterocycles. The molecule has 1 atom stereocenters. The van der Waals surface area contributed by atoms with Crippen LogP contribution in [0, 0.1) is 0 Å². The van der Waals surface area contributed by atoms with E-state index in [0.717, 1.165) is 0 Å². The van der Waals surface area contributed by atoms with E-state index < -0.39 is 33.7 Å². The lowest BCUT2D eigenvalue weighted by atomic mass is 10.3. The number of aliphatic carboxylic acids is 2. The first kappa shape index (κ1) is 18.5. The Morgan fingerprint density at radius 3 is 1.57 bits per heavy atom. The molecule has 0 aromatic heterocycles. The standard InChI is InChI=1S/C4H6O7S.2H3N/c5-3(6)1-2(4(7)8)12(9,10)11;;/h2H,1H2,(H,5,6)(H,7,8)(H,9,10,11);2*1H3. The molecule has 0 aromatic rings. The maximum atomic E-state index is 10.2. The summed E-state index contributed by atoms with van der Waals surface area (Å²) in [6.45, 7) is 0. The second kappa shape index (κ2) is 6.26. The van der Waals surface area contributed by atoms with E-state index in [0.29, 0.717) is 0 Å². The Balaban J connectivity index is -0.000000605. The fourth-order valence-electron chi connectivity index (χ4n) is 0.479. The molecule has 86 valence electrons.